The molecule has 0 bridgehead atoms. The molecule has 0 saturated carbocycles. The fourth-order valence-electron chi connectivity index (χ4n) is 2.69. The van der Waals surface area contributed by atoms with E-state index in [4.69, 9.17) is 10.2 Å². The largest absolute Gasteiger partial charge is 1.00 e. The number of carboxylic acids is 1. The molecule has 1 unspecified atom stereocenters. The predicted molar refractivity (Wildman–Crippen MR) is 87.4 cm³/mol. The van der Waals surface area contributed by atoms with E-state index >= 15 is 0 Å². The van der Waals surface area contributed by atoms with Crippen molar-refractivity contribution in [3.8, 4) is 0 Å². The van der Waals surface area contributed by atoms with Crippen LogP contribution in [0.4, 0.5) is 0 Å². The van der Waals surface area contributed by atoms with Gasteiger partial charge in [-0.15, -0.1) is 0 Å². The summed E-state index contributed by atoms with van der Waals surface area (Å²) in [7, 11) is 0. The second-order valence-corrected chi connectivity index (χ2v) is 6.30. The monoisotopic (exact) mass is 338 g/mol. The Balaban J connectivity index is 0. The van der Waals surface area contributed by atoms with Crippen LogP contribution in [0.3, 0.4) is 0 Å². The number of carbonyl (C=O) groups excluding carboxylic acids is 1. The van der Waals surface area contributed by atoms with Gasteiger partial charge in [-0.3, -0.25) is 0 Å². The Morgan fingerprint density at radius 1 is 0.696 bits per heavy atom. The van der Waals surface area contributed by atoms with E-state index in [0.29, 0.717) is 13.0 Å². The van der Waals surface area contributed by atoms with E-state index in [0.717, 1.165) is 32.1 Å². The molecule has 132 valence electrons. The van der Waals surface area contributed by atoms with Gasteiger partial charge in [-0.2, -0.15) is 0 Å². The molecule has 0 fully saturated rings. The second kappa shape index (κ2) is 20.4. The zero-order chi connectivity index (χ0) is 16.5. The number of carboxylic acid groups (broad SMARTS) is 1. The Bertz CT molecular complexity index is 249. The number of aliphatic hydroxyl groups excluding tert-OH is 2. The van der Waals surface area contributed by atoms with E-state index in [2.05, 4.69) is 0 Å². The third-order valence-corrected chi connectivity index (χ3v) is 4.16. The van der Waals surface area contributed by atoms with Gasteiger partial charge in [-0.1, -0.05) is 83.5 Å². The first-order chi connectivity index (χ1) is 10.7. The van der Waals surface area contributed by atoms with Crippen LogP contribution >= 0.6 is 0 Å². The summed E-state index contributed by atoms with van der Waals surface area (Å²) in [5.41, 5.74) is 0. The quantitative estimate of drug-likeness (QED) is 0.288. The van der Waals surface area contributed by atoms with Crippen molar-refractivity contribution in [3.63, 3.8) is 0 Å². The summed E-state index contributed by atoms with van der Waals surface area (Å²) in [5, 5.41) is 28.0. The predicted octanol–water partition coefficient (Wildman–Crippen LogP) is -0.0550. The number of aliphatic hydroxyl groups is 2. The molecule has 4 nitrogen and oxygen atoms in total. The standard InChI is InChI=1S/C18H36O4.Na/c19-16-14-12-10-8-6-4-2-1-3-5-7-9-11-13-15-17(20)18(21)22;/h17,19-20H,1-16H2,(H,21,22);/q;+1/p-1. The second-order valence-electron chi connectivity index (χ2n) is 6.30. The fraction of sp³-hybridized carbons (Fsp3) is 0.944. The van der Waals surface area contributed by atoms with E-state index in [1.54, 1.807) is 0 Å². The molecule has 0 aromatic rings. The van der Waals surface area contributed by atoms with Crippen LogP contribution in [0.15, 0.2) is 0 Å². The molecule has 0 aliphatic carbocycles. The number of carbonyl (C=O) groups is 1. The first-order valence-electron chi connectivity index (χ1n) is 9.18. The van der Waals surface area contributed by atoms with Crippen LogP contribution in [-0.4, -0.2) is 28.9 Å². The summed E-state index contributed by atoms with van der Waals surface area (Å²) in [5.74, 6) is -1.35. The molecule has 0 spiro atoms. The Labute approximate surface area is 164 Å². The Hall–Kier alpha value is 0.390. The minimum absolute atomic E-state index is 0. The van der Waals surface area contributed by atoms with Crippen LogP contribution in [0.25, 0.3) is 0 Å². The minimum Gasteiger partial charge on any atom is -0.547 e. The first kappa shape index (κ1) is 25.6. The number of rotatable bonds is 17. The maximum absolute atomic E-state index is 10.3. The normalized spacial score (nSPS) is 11.9. The van der Waals surface area contributed by atoms with Gasteiger partial charge in [0.1, 0.15) is 0 Å². The van der Waals surface area contributed by atoms with Crippen LogP contribution < -0.4 is 34.7 Å². The Kier molecular flexibility index (Phi) is 22.8. The zero-order valence-electron chi connectivity index (χ0n) is 15.1. The number of hydrogen-bond acceptors (Lipinski definition) is 4. The molecule has 0 aromatic heterocycles. The summed E-state index contributed by atoms with van der Waals surface area (Å²) in [6.45, 7) is 0.331. The van der Waals surface area contributed by atoms with Gasteiger partial charge in [0, 0.05) is 6.61 Å². The van der Waals surface area contributed by atoms with Gasteiger partial charge >= 0.3 is 29.6 Å². The molecular weight excluding hydrogens is 303 g/mol. The summed E-state index contributed by atoms with van der Waals surface area (Å²) >= 11 is 0. The van der Waals surface area contributed by atoms with E-state index in [-0.39, 0.29) is 29.6 Å². The van der Waals surface area contributed by atoms with Crippen molar-refractivity contribution < 1.29 is 49.7 Å². The van der Waals surface area contributed by atoms with Crippen molar-refractivity contribution in [2.75, 3.05) is 6.61 Å². The van der Waals surface area contributed by atoms with Gasteiger partial charge in [-0.25, -0.2) is 0 Å². The maximum Gasteiger partial charge on any atom is 1.00 e. The molecule has 1 atom stereocenters. The number of hydrogen-bond donors (Lipinski definition) is 2. The molecule has 0 heterocycles. The van der Waals surface area contributed by atoms with Crippen LogP contribution in [0.5, 0.6) is 0 Å². The molecule has 2 N–H and O–H groups in total. The Morgan fingerprint density at radius 2 is 1.00 bits per heavy atom. The van der Waals surface area contributed by atoms with Crippen molar-refractivity contribution in [2.45, 2.75) is 102 Å². The third kappa shape index (κ3) is 20.3. The zero-order valence-corrected chi connectivity index (χ0v) is 17.1. The van der Waals surface area contributed by atoms with Crippen LogP contribution in [0.2, 0.25) is 0 Å². The van der Waals surface area contributed by atoms with Gasteiger partial charge in [0.25, 0.3) is 0 Å². The van der Waals surface area contributed by atoms with Crippen LogP contribution in [0, 0.1) is 0 Å². The molecule has 0 saturated heterocycles. The van der Waals surface area contributed by atoms with Crippen molar-refractivity contribution in [1.29, 1.82) is 0 Å². The van der Waals surface area contributed by atoms with Gasteiger partial charge in [0.15, 0.2) is 0 Å². The molecule has 0 rings (SSSR count). The van der Waals surface area contributed by atoms with E-state index in [9.17, 15) is 9.90 Å². The van der Waals surface area contributed by atoms with Gasteiger partial charge in [0.2, 0.25) is 0 Å². The van der Waals surface area contributed by atoms with E-state index in [1.165, 1.54) is 57.8 Å². The van der Waals surface area contributed by atoms with Crippen molar-refractivity contribution in [1.82, 2.24) is 0 Å². The van der Waals surface area contributed by atoms with Crippen LogP contribution in [0.1, 0.15) is 96.3 Å². The molecule has 0 aliphatic rings. The summed E-state index contributed by atoms with van der Waals surface area (Å²) in [6.07, 6.45) is 15.7. The van der Waals surface area contributed by atoms with E-state index < -0.39 is 12.1 Å². The molecule has 5 heteroatoms. The van der Waals surface area contributed by atoms with Crippen molar-refractivity contribution in [3.05, 3.63) is 0 Å². The maximum atomic E-state index is 10.3. The average molecular weight is 338 g/mol. The molecule has 23 heavy (non-hydrogen) atoms. The van der Waals surface area contributed by atoms with Gasteiger partial charge in [0.05, 0.1) is 12.1 Å². The molecule has 0 aliphatic heterocycles. The number of unbranched alkanes of at least 4 members (excludes halogenated alkanes) is 13. The topological polar surface area (TPSA) is 80.6 Å². The Morgan fingerprint density at radius 3 is 1.30 bits per heavy atom. The van der Waals surface area contributed by atoms with E-state index in [1.807, 2.05) is 0 Å². The molecule has 0 radical (unpaired) electrons. The van der Waals surface area contributed by atoms with Crippen LogP contribution in [-0.2, 0) is 4.79 Å². The van der Waals surface area contributed by atoms with Crippen molar-refractivity contribution >= 4 is 5.97 Å². The smallest absolute Gasteiger partial charge is 0.547 e. The minimum atomic E-state index is -1.35. The average Bonchev–Trinajstić information content (AvgIpc) is 2.50. The molecule has 0 aromatic carbocycles. The third-order valence-electron chi connectivity index (χ3n) is 4.16. The number of aliphatic carboxylic acids is 1. The summed E-state index contributed by atoms with van der Waals surface area (Å²) in [4.78, 5) is 10.3. The molecule has 0 amide bonds. The SMILES string of the molecule is O=C([O-])C(O)CCCCCCCCCCCCCCCCO.[Na+]. The van der Waals surface area contributed by atoms with Crippen molar-refractivity contribution in [2.24, 2.45) is 0 Å². The van der Waals surface area contributed by atoms with Gasteiger partial charge < -0.3 is 20.1 Å². The van der Waals surface area contributed by atoms with Gasteiger partial charge in [-0.05, 0) is 12.8 Å². The molecular formula is C18H35NaO4. The first-order valence-corrected chi connectivity index (χ1v) is 9.18. The fourth-order valence-corrected chi connectivity index (χ4v) is 2.69. The summed E-state index contributed by atoms with van der Waals surface area (Å²) < 4.78 is 0. The summed E-state index contributed by atoms with van der Waals surface area (Å²) in [6, 6.07) is 0.